The molecule has 0 spiro atoms. The van der Waals surface area contributed by atoms with Crippen LogP contribution in [-0.2, 0) is 12.8 Å². The van der Waals surface area contributed by atoms with Crippen LogP contribution in [0.2, 0.25) is 0 Å². The highest BCUT2D eigenvalue weighted by Crippen LogP contribution is 2.34. The summed E-state index contributed by atoms with van der Waals surface area (Å²) in [6.07, 6.45) is -4.90. The molecule has 2 aromatic heterocycles. The molecular formula is C31H23F4N3O4. The lowest BCUT2D eigenvalue weighted by Gasteiger charge is -2.14. The molecule has 0 bridgehead atoms. The van der Waals surface area contributed by atoms with Crippen molar-refractivity contribution in [3.05, 3.63) is 113 Å². The Bertz CT molecular complexity index is 1770. The molecule has 11 heteroatoms. The summed E-state index contributed by atoms with van der Waals surface area (Å²) in [6.45, 7) is 2.12. The highest BCUT2D eigenvalue weighted by atomic mass is 19.4. The maximum absolute atomic E-state index is 14.3. The first-order chi connectivity index (χ1) is 20.0. The second-order valence-electron chi connectivity index (χ2n) is 9.32. The third kappa shape index (κ3) is 5.95. The van der Waals surface area contributed by atoms with Gasteiger partial charge in [0.1, 0.15) is 23.9 Å². The second kappa shape index (κ2) is 11.4. The highest BCUT2D eigenvalue weighted by Gasteiger charge is 2.37. The minimum absolute atomic E-state index is 0.104. The molecular weight excluding hydrogens is 554 g/mol. The summed E-state index contributed by atoms with van der Waals surface area (Å²) in [5.74, 6) is -1.51. The lowest BCUT2D eigenvalue weighted by atomic mass is 9.99. The number of carboxylic acid groups (broad SMARTS) is 1. The first-order valence-corrected chi connectivity index (χ1v) is 12.6. The van der Waals surface area contributed by atoms with Gasteiger partial charge in [-0.1, -0.05) is 36.4 Å². The Morgan fingerprint density at radius 2 is 1.71 bits per heavy atom. The zero-order valence-corrected chi connectivity index (χ0v) is 22.3. The minimum atomic E-state index is -4.90. The largest absolute Gasteiger partial charge is 0.497 e. The lowest BCUT2D eigenvalue weighted by molar-refractivity contribution is -0.142. The van der Waals surface area contributed by atoms with E-state index in [1.165, 1.54) is 30.3 Å². The number of carbonyl (C=O) groups is 1. The molecule has 0 saturated heterocycles. The molecule has 0 unspecified atom stereocenters. The Kier molecular flexibility index (Phi) is 7.66. The van der Waals surface area contributed by atoms with Crippen molar-refractivity contribution in [1.82, 2.24) is 14.8 Å². The van der Waals surface area contributed by atoms with E-state index in [-0.39, 0.29) is 29.4 Å². The van der Waals surface area contributed by atoms with Crippen molar-refractivity contribution in [1.29, 1.82) is 0 Å². The summed E-state index contributed by atoms with van der Waals surface area (Å²) >= 11 is 0. The van der Waals surface area contributed by atoms with Crippen molar-refractivity contribution < 1.29 is 36.9 Å². The molecule has 5 rings (SSSR count). The zero-order valence-electron chi connectivity index (χ0n) is 22.3. The monoisotopic (exact) mass is 577 g/mol. The van der Waals surface area contributed by atoms with E-state index in [9.17, 15) is 22.4 Å². The Morgan fingerprint density at radius 3 is 2.38 bits per heavy atom. The standard InChI is InChI=1S/C31H23F4N3O4/c1-18-14-22(41-2)11-12-23(18)20-8-6-19(7-9-20)17-42-27-13-10-21(32)15-24(27)25-4-3-5-29(36-25)38-28(31(33,34)35)16-26(37-38)30(39)40/h3-16H,17H2,1-2H3,(H,39,40). The lowest BCUT2D eigenvalue weighted by Crippen LogP contribution is -2.14. The number of hydrogen-bond acceptors (Lipinski definition) is 5. The molecule has 0 aliphatic rings. The summed E-state index contributed by atoms with van der Waals surface area (Å²) < 4.78 is 66.8. The van der Waals surface area contributed by atoms with Crippen LogP contribution in [0.5, 0.6) is 11.5 Å². The van der Waals surface area contributed by atoms with Gasteiger partial charge >= 0.3 is 12.1 Å². The van der Waals surface area contributed by atoms with Crippen LogP contribution in [0.4, 0.5) is 17.6 Å². The van der Waals surface area contributed by atoms with Gasteiger partial charge in [0, 0.05) is 11.6 Å². The van der Waals surface area contributed by atoms with Crippen molar-refractivity contribution in [2.75, 3.05) is 7.11 Å². The first kappa shape index (κ1) is 28.3. The van der Waals surface area contributed by atoms with Crippen LogP contribution in [0.3, 0.4) is 0 Å². The van der Waals surface area contributed by atoms with Crippen molar-refractivity contribution in [2.24, 2.45) is 0 Å². The molecule has 0 amide bonds. The number of pyridine rings is 1. The highest BCUT2D eigenvalue weighted by molar-refractivity contribution is 5.85. The fourth-order valence-electron chi connectivity index (χ4n) is 4.41. The summed E-state index contributed by atoms with van der Waals surface area (Å²) in [7, 11) is 1.61. The number of alkyl halides is 3. The number of hydrogen-bond donors (Lipinski definition) is 1. The number of nitrogens with zero attached hydrogens (tertiary/aromatic N) is 3. The van der Waals surface area contributed by atoms with Crippen molar-refractivity contribution in [3.8, 4) is 39.7 Å². The van der Waals surface area contributed by atoms with Gasteiger partial charge in [-0.05, 0) is 71.6 Å². The molecule has 5 aromatic rings. The predicted molar refractivity (Wildman–Crippen MR) is 146 cm³/mol. The van der Waals surface area contributed by atoms with Gasteiger partial charge in [-0.2, -0.15) is 18.3 Å². The Balaban J connectivity index is 1.42. The Hall–Kier alpha value is -5.19. The molecule has 2 heterocycles. The quantitative estimate of drug-likeness (QED) is 0.194. The number of benzene rings is 3. The summed E-state index contributed by atoms with van der Waals surface area (Å²) in [6, 6.07) is 21.9. The van der Waals surface area contributed by atoms with E-state index in [2.05, 4.69) is 10.1 Å². The number of aryl methyl sites for hydroxylation is 1. The fraction of sp³-hybridized carbons (Fsp3) is 0.129. The van der Waals surface area contributed by atoms with Gasteiger partial charge in [0.2, 0.25) is 0 Å². The van der Waals surface area contributed by atoms with Crippen molar-refractivity contribution in [3.63, 3.8) is 0 Å². The average Bonchev–Trinajstić information content (AvgIpc) is 3.44. The zero-order chi connectivity index (χ0) is 30.0. The van der Waals surface area contributed by atoms with Crippen LogP contribution in [0.25, 0.3) is 28.2 Å². The Morgan fingerprint density at radius 1 is 0.952 bits per heavy atom. The van der Waals surface area contributed by atoms with Crippen molar-refractivity contribution >= 4 is 5.97 Å². The van der Waals surface area contributed by atoms with E-state index in [0.717, 1.165) is 34.1 Å². The molecule has 0 atom stereocenters. The number of rotatable bonds is 8. The number of ether oxygens (including phenoxy) is 2. The second-order valence-corrected chi connectivity index (χ2v) is 9.32. The van der Waals surface area contributed by atoms with Crippen LogP contribution in [0, 0.1) is 12.7 Å². The van der Waals surface area contributed by atoms with Crippen LogP contribution in [0.15, 0.2) is 84.9 Å². The molecule has 1 N–H and O–H groups in total. The topological polar surface area (TPSA) is 86.5 Å². The molecule has 0 fully saturated rings. The van der Waals surface area contributed by atoms with Gasteiger partial charge in [-0.25, -0.2) is 18.9 Å². The molecule has 0 aliphatic heterocycles. The van der Waals surface area contributed by atoms with Crippen LogP contribution in [0.1, 0.15) is 27.3 Å². The molecule has 42 heavy (non-hydrogen) atoms. The number of methoxy groups -OCH3 is 1. The number of carboxylic acids is 1. The van der Waals surface area contributed by atoms with Gasteiger partial charge in [-0.15, -0.1) is 0 Å². The number of aromatic nitrogens is 3. The molecule has 0 radical (unpaired) electrons. The maximum Gasteiger partial charge on any atom is 0.433 e. The fourth-order valence-corrected chi connectivity index (χ4v) is 4.41. The summed E-state index contributed by atoms with van der Waals surface area (Å²) in [4.78, 5) is 15.5. The van der Waals surface area contributed by atoms with E-state index in [1.54, 1.807) is 7.11 Å². The average molecular weight is 578 g/mol. The molecule has 214 valence electrons. The van der Waals surface area contributed by atoms with Gasteiger partial charge in [0.15, 0.2) is 17.2 Å². The first-order valence-electron chi connectivity index (χ1n) is 12.6. The third-order valence-corrected chi connectivity index (χ3v) is 6.48. The Labute approximate surface area is 237 Å². The summed E-state index contributed by atoms with van der Waals surface area (Å²) in [5, 5.41) is 12.7. The van der Waals surface area contributed by atoms with E-state index in [4.69, 9.17) is 14.6 Å². The molecule has 0 saturated carbocycles. The number of aromatic carboxylic acids is 1. The molecule has 3 aromatic carbocycles. The SMILES string of the molecule is COc1ccc(-c2ccc(COc3ccc(F)cc3-c3cccc(-n4nc(C(=O)O)cc4C(F)(F)F)n3)cc2)c(C)c1. The van der Waals surface area contributed by atoms with Crippen LogP contribution >= 0.6 is 0 Å². The van der Waals surface area contributed by atoms with Gasteiger partial charge in [0.25, 0.3) is 0 Å². The molecule has 7 nitrogen and oxygen atoms in total. The van der Waals surface area contributed by atoms with E-state index < -0.39 is 29.4 Å². The van der Waals surface area contributed by atoms with E-state index in [1.807, 2.05) is 49.4 Å². The van der Waals surface area contributed by atoms with E-state index in [0.29, 0.717) is 10.7 Å². The summed E-state index contributed by atoms with van der Waals surface area (Å²) in [5.41, 5.74) is 2.14. The normalized spacial score (nSPS) is 11.4. The van der Waals surface area contributed by atoms with Gasteiger partial charge in [-0.3, -0.25) is 0 Å². The third-order valence-electron chi connectivity index (χ3n) is 6.48. The smallest absolute Gasteiger partial charge is 0.433 e. The molecule has 0 aliphatic carbocycles. The van der Waals surface area contributed by atoms with Crippen molar-refractivity contribution in [2.45, 2.75) is 19.7 Å². The van der Waals surface area contributed by atoms with Gasteiger partial charge < -0.3 is 14.6 Å². The predicted octanol–water partition coefficient (Wildman–Crippen LogP) is 7.35. The maximum atomic E-state index is 14.3. The van der Waals surface area contributed by atoms with Crippen LogP contribution < -0.4 is 9.47 Å². The van der Waals surface area contributed by atoms with Crippen LogP contribution in [-0.4, -0.2) is 33.0 Å². The van der Waals surface area contributed by atoms with Gasteiger partial charge in [0.05, 0.1) is 12.8 Å². The van der Waals surface area contributed by atoms with E-state index >= 15 is 0 Å². The number of halogens is 4. The minimum Gasteiger partial charge on any atom is -0.497 e.